The number of amides is 2. The molecule has 25 heavy (non-hydrogen) atoms. The number of hydrogen-bond donors (Lipinski definition) is 0. The van der Waals surface area contributed by atoms with Gasteiger partial charge in [-0.25, -0.2) is 4.98 Å². The highest BCUT2D eigenvalue weighted by Gasteiger charge is 2.27. The van der Waals surface area contributed by atoms with Crippen molar-refractivity contribution < 1.29 is 9.59 Å². The summed E-state index contributed by atoms with van der Waals surface area (Å²) in [6.45, 7) is 9.26. The minimum absolute atomic E-state index is 0.0999. The molecule has 138 valence electrons. The molecule has 0 spiro atoms. The summed E-state index contributed by atoms with van der Waals surface area (Å²) in [7, 11) is 0. The number of carbonyl (C=O) groups is 2. The van der Waals surface area contributed by atoms with Crippen molar-refractivity contribution in [2.24, 2.45) is 0 Å². The average molecular weight is 365 g/mol. The number of thiazole rings is 1. The van der Waals surface area contributed by atoms with Crippen LogP contribution in [0.3, 0.4) is 0 Å². The van der Waals surface area contributed by atoms with Gasteiger partial charge in [0.05, 0.1) is 17.2 Å². The van der Waals surface area contributed by atoms with Crippen LogP contribution in [0, 0.1) is 6.92 Å². The van der Waals surface area contributed by atoms with E-state index in [-0.39, 0.29) is 11.8 Å². The van der Waals surface area contributed by atoms with Crippen molar-refractivity contribution in [3.05, 3.63) is 15.6 Å². The van der Waals surface area contributed by atoms with Crippen LogP contribution in [0.4, 0.5) is 0 Å². The predicted molar refractivity (Wildman–Crippen MR) is 99.0 cm³/mol. The summed E-state index contributed by atoms with van der Waals surface area (Å²) in [5.74, 6) is 0.336. The second kappa shape index (κ2) is 8.27. The molecule has 0 aliphatic carbocycles. The monoisotopic (exact) mass is 364 g/mol. The van der Waals surface area contributed by atoms with Crippen molar-refractivity contribution in [3.8, 4) is 0 Å². The Balaban J connectivity index is 1.51. The number of rotatable bonds is 5. The van der Waals surface area contributed by atoms with Gasteiger partial charge in [0.25, 0.3) is 5.91 Å². The minimum atomic E-state index is 0.0999. The predicted octanol–water partition coefficient (Wildman–Crippen LogP) is 1.78. The third-order valence-corrected chi connectivity index (χ3v) is 6.18. The van der Waals surface area contributed by atoms with Crippen LogP contribution in [0.15, 0.2) is 0 Å². The molecule has 2 saturated heterocycles. The summed E-state index contributed by atoms with van der Waals surface area (Å²) >= 11 is 1.54. The van der Waals surface area contributed by atoms with Crippen LogP contribution in [0.2, 0.25) is 0 Å². The van der Waals surface area contributed by atoms with Gasteiger partial charge in [0.1, 0.15) is 4.88 Å². The quantitative estimate of drug-likeness (QED) is 0.799. The van der Waals surface area contributed by atoms with E-state index < -0.39 is 0 Å². The Bertz CT molecular complexity index is 617. The smallest absolute Gasteiger partial charge is 0.265 e. The van der Waals surface area contributed by atoms with Crippen molar-refractivity contribution >= 4 is 23.2 Å². The molecule has 0 saturated carbocycles. The van der Waals surface area contributed by atoms with Gasteiger partial charge in [-0.15, -0.1) is 11.3 Å². The van der Waals surface area contributed by atoms with E-state index in [4.69, 9.17) is 0 Å². The molecule has 0 atom stereocenters. The van der Waals surface area contributed by atoms with Gasteiger partial charge >= 0.3 is 0 Å². The first kappa shape index (κ1) is 18.3. The second-order valence-electron chi connectivity index (χ2n) is 6.93. The Morgan fingerprint density at radius 1 is 1.04 bits per heavy atom. The van der Waals surface area contributed by atoms with Gasteiger partial charge in [0, 0.05) is 39.3 Å². The Kier molecular flexibility index (Phi) is 6.06. The number of hydrogen-bond acceptors (Lipinski definition) is 5. The van der Waals surface area contributed by atoms with Crippen LogP contribution in [0.5, 0.6) is 0 Å². The largest absolute Gasteiger partial charge is 0.342 e. The van der Waals surface area contributed by atoms with E-state index >= 15 is 0 Å². The highest BCUT2D eigenvalue weighted by Crippen LogP contribution is 2.22. The third-order valence-electron chi connectivity index (χ3n) is 4.98. The standard InChI is InChI=1S/C18H28N4O2S/c1-3-6-15-19-14(2)17(25-15)18(24)22-11-9-20(10-12-22)13-16(23)21-7-4-5-8-21/h3-13H2,1-2H3. The average Bonchev–Trinajstić information content (AvgIpc) is 3.25. The number of aromatic nitrogens is 1. The molecule has 2 aliphatic heterocycles. The number of aryl methyl sites for hydroxylation is 2. The molecule has 0 unspecified atom stereocenters. The lowest BCUT2D eigenvalue weighted by Gasteiger charge is -2.34. The zero-order chi connectivity index (χ0) is 17.8. The maximum atomic E-state index is 12.8. The topological polar surface area (TPSA) is 56.8 Å². The molecular weight excluding hydrogens is 336 g/mol. The van der Waals surface area contributed by atoms with Gasteiger partial charge in [-0.3, -0.25) is 14.5 Å². The zero-order valence-electron chi connectivity index (χ0n) is 15.3. The molecule has 2 amide bonds. The van der Waals surface area contributed by atoms with Crippen molar-refractivity contribution in [1.29, 1.82) is 0 Å². The van der Waals surface area contributed by atoms with E-state index in [0.717, 1.165) is 67.4 Å². The maximum Gasteiger partial charge on any atom is 0.265 e. The lowest BCUT2D eigenvalue weighted by Crippen LogP contribution is -2.51. The van der Waals surface area contributed by atoms with Gasteiger partial charge in [0.15, 0.2) is 0 Å². The van der Waals surface area contributed by atoms with E-state index in [9.17, 15) is 9.59 Å². The molecule has 3 rings (SSSR count). The molecule has 6 nitrogen and oxygen atoms in total. The number of likely N-dealkylation sites (tertiary alicyclic amines) is 1. The SMILES string of the molecule is CCCc1nc(C)c(C(=O)N2CCN(CC(=O)N3CCCC3)CC2)s1. The molecule has 2 aliphatic rings. The first-order valence-electron chi connectivity index (χ1n) is 9.34. The highest BCUT2D eigenvalue weighted by molar-refractivity contribution is 7.13. The van der Waals surface area contributed by atoms with Gasteiger partial charge in [-0.1, -0.05) is 6.92 Å². The Morgan fingerprint density at radius 2 is 1.72 bits per heavy atom. The Hall–Kier alpha value is -1.47. The van der Waals surface area contributed by atoms with Gasteiger partial charge in [-0.2, -0.15) is 0 Å². The number of nitrogens with zero attached hydrogens (tertiary/aromatic N) is 4. The first-order valence-corrected chi connectivity index (χ1v) is 10.2. The second-order valence-corrected chi connectivity index (χ2v) is 8.01. The summed E-state index contributed by atoms with van der Waals surface area (Å²) in [6, 6.07) is 0. The summed E-state index contributed by atoms with van der Waals surface area (Å²) in [6.07, 6.45) is 4.24. The summed E-state index contributed by atoms with van der Waals surface area (Å²) < 4.78 is 0. The highest BCUT2D eigenvalue weighted by atomic mass is 32.1. The normalized spacial score (nSPS) is 18.8. The lowest BCUT2D eigenvalue weighted by atomic mass is 10.2. The fraction of sp³-hybridized carbons (Fsp3) is 0.722. The van der Waals surface area contributed by atoms with E-state index in [1.807, 2.05) is 16.7 Å². The van der Waals surface area contributed by atoms with E-state index in [0.29, 0.717) is 19.6 Å². The molecular formula is C18H28N4O2S. The maximum absolute atomic E-state index is 12.8. The lowest BCUT2D eigenvalue weighted by molar-refractivity contribution is -0.131. The van der Waals surface area contributed by atoms with E-state index in [1.54, 1.807) is 0 Å². The van der Waals surface area contributed by atoms with E-state index in [1.165, 1.54) is 11.3 Å². The zero-order valence-corrected chi connectivity index (χ0v) is 16.1. The molecule has 7 heteroatoms. The Morgan fingerprint density at radius 3 is 2.36 bits per heavy atom. The molecule has 0 radical (unpaired) electrons. The van der Waals surface area contributed by atoms with Crippen LogP contribution in [0.1, 0.15) is 46.6 Å². The number of piperazine rings is 1. The molecule has 0 bridgehead atoms. The molecule has 0 aromatic carbocycles. The van der Waals surface area contributed by atoms with Gasteiger partial charge in [-0.05, 0) is 32.6 Å². The number of carbonyl (C=O) groups excluding carboxylic acids is 2. The molecule has 0 N–H and O–H groups in total. The van der Waals surface area contributed by atoms with Crippen LogP contribution in [0.25, 0.3) is 0 Å². The first-order chi connectivity index (χ1) is 12.1. The van der Waals surface area contributed by atoms with Crippen molar-refractivity contribution in [2.45, 2.75) is 39.5 Å². The van der Waals surface area contributed by atoms with E-state index in [2.05, 4.69) is 16.8 Å². The van der Waals surface area contributed by atoms with Gasteiger partial charge < -0.3 is 9.80 Å². The van der Waals surface area contributed by atoms with Crippen molar-refractivity contribution in [3.63, 3.8) is 0 Å². The summed E-state index contributed by atoms with van der Waals surface area (Å²) in [4.78, 5) is 36.4. The molecule has 3 heterocycles. The van der Waals surface area contributed by atoms with Crippen LogP contribution < -0.4 is 0 Å². The van der Waals surface area contributed by atoms with Crippen molar-refractivity contribution in [1.82, 2.24) is 19.7 Å². The summed E-state index contributed by atoms with van der Waals surface area (Å²) in [5.41, 5.74) is 0.852. The van der Waals surface area contributed by atoms with Crippen LogP contribution >= 0.6 is 11.3 Å². The summed E-state index contributed by atoms with van der Waals surface area (Å²) in [5, 5.41) is 1.05. The molecule has 1 aromatic heterocycles. The molecule has 2 fully saturated rings. The fourth-order valence-corrected chi connectivity index (χ4v) is 4.62. The van der Waals surface area contributed by atoms with Crippen LogP contribution in [-0.4, -0.2) is 77.3 Å². The minimum Gasteiger partial charge on any atom is -0.342 e. The fourth-order valence-electron chi connectivity index (χ4n) is 3.48. The van der Waals surface area contributed by atoms with Crippen molar-refractivity contribution in [2.75, 3.05) is 45.8 Å². The van der Waals surface area contributed by atoms with Gasteiger partial charge in [0.2, 0.25) is 5.91 Å². The Labute approximate surface area is 153 Å². The third kappa shape index (κ3) is 4.39. The van der Waals surface area contributed by atoms with Crippen LogP contribution in [-0.2, 0) is 11.2 Å². The molecule has 1 aromatic rings.